The van der Waals surface area contributed by atoms with E-state index in [2.05, 4.69) is 192 Å². The van der Waals surface area contributed by atoms with E-state index in [0.717, 1.165) is 25.7 Å². The lowest BCUT2D eigenvalue weighted by Crippen LogP contribution is -2.37. The van der Waals surface area contributed by atoms with Crippen molar-refractivity contribution in [3.63, 3.8) is 0 Å². The van der Waals surface area contributed by atoms with E-state index in [-0.39, 0.29) is 17.3 Å². The van der Waals surface area contributed by atoms with Crippen LogP contribution in [0.15, 0.2) is 197 Å². The summed E-state index contributed by atoms with van der Waals surface area (Å²) < 4.78 is 0. The number of hydrogen-bond acceptors (Lipinski definition) is 0. The molecule has 0 aliphatic heterocycles. The van der Waals surface area contributed by atoms with Crippen LogP contribution in [0.2, 0.25) is 0 Å². The summed E-state index contributed by atoms with van der Waals surface area (Å²) in [7, 11) is 0. The third kappa shape index (κ3) is 5.48. The Morgan fingerprint density at radius 2 is 1.37 bits per heavy atom. The Morgan fingerprint density at radius 3 is 2.04 bits per heavy atom. The zero-order valence-electron chi connectivity index (χ0n) is 32.3. The predicted octanol–water partition coefficient (Wildman–Crippen LogP) is 13.9. The first-order valence-electron chi connectivity index (χ1n) is 20.4. The molecule has 0 saturated heterocycles. The molecule has 4 aromatic rings. The Bertz CT molecular complexity index is 2300. The van der Waals surface area contributed by atoms with E-state index in [1.54, 1.807) is 0 Å². The number of rotatable bonds is 7. The average molecular weight is 701 g/mol. The van der Waals surface area contributed by atoms with Gasteiger partial charge in [-0.15, -0.1) is 0 Å². The van der Waals surface area contributed by atoms with Gasteiger partial charge >= 0.3 is 0 Å². The van der Waals surface area contributed by atoms with Crippen molar-refractivity contribution in [3.8, 4) is 0 Å². The largest absolute Gasteiger partial charge is 0.0839 e. The van der Waals surface area contributed by atoms with Gasteiger partial charge in [-0.25, -0.2) is 0 Å². The summed E-state index contributed by atoms with van der Waals surface area (Å²) >= 11 is 0. The molecule has 5 aliphatic rings. The molecule has 0 heterocycles. The van der Waals surface area contributed by atoms with Gasteiger partial charge in [0.15, 0.2) is 0 Å². The molecule has 0 amide bonds. The standard InChI is InChI=1S/C54H52/c1-5-43-45-26-12-15-30-49(45)54(50-31-16-13-27-46(43)50)51-32-17-14-28-47(51)53-44(29-19-33-52(53)54)36(2)34-48(38(4)37(3)39-20-8-6-9-21-39)42-25-18-24-41(35-42)40-22-10-7-11-23-40/h6,8-10,12-34,37,41,43-44,53H,5,7,11,35H2,1-4H3/b36-34+,48-38+. The highest BCUT2D eigenvalue weighted by atomic mass is 14.6. The molecule has 268 valence electrons. The molecule has 0 N–H and O–H groups in total. The Balaban J connectivity index is 1.19. The molecule has 0 saturated carbocycles. The van der Waals surface area contributed by atoms with Gasteiger partial charge in [-0.05, 0) is 101 Å². The second kappa shape index (κ2) is 14.2. The van der Waals surface area contributed by atoms with Crippen molar-refractivity contribution in [1.29, 1.82) is 0 Å². The van der Waals surface area contributed by atoms with E-state index >= 15 is 0 Å². The number of fused-ring (bicyclic) bond motifs is 9. The fourth-order valence-electron chi connectivity index (χ4n) is 10.7. The van der Waals surface area contributed by atoms with Gasteiger partial charge in [-0.3, -0.25) is 0 Å². The highest BCUT2D eigenvalue weighted by Crippen LogP contribution is 2.65. The quantitative estimate of drug-likeness (QED) is 0.168. The summed E-state index contributed by atoms with van der Waals surface area (Å²) in [5.74, 6) is 1.60. The van der Waals surface area contributed by atoms with Crippen molar-refractivity contribution < 1.29 is 0 Å². The summed E-state index contributed by atoms with van der Waals surface area (Å²) in [5.41, 5.74) is 18.6. The van der Waals surface area contributed by atoms with Crippen molar-refractivity contribution in [2.24, 2.45) is 11.8 Å². The summed E-state index contributed by atoms with van der Waals surface area (Å²) in [5, 5.41) is 0. The molecule has 0 nitrogen and oxygen atoms in total. The molecule has 4 aromatic carbocycles. The van der Waals surface area contributed by atoms with E-state index < -0.39 is 0 Å². The Morgan fingerprint density at radius 1 is 0.741 bits per heavy atom. The maximum absolute atomic E-state index is 2.59. The van der Waals surface area contributed by atoms with E-state index in [9.17, 15) is 0 Å². The fraction of sp³-hybridized carbons (Fsp3) is 0.259. The zero-order chi connectivity index (χ0) is 36.8. The lowest BCUT2D eigenvalue weighted by molar-refractivity contribution is 0.579. The van der Waals surface area contributed by atoms with Gasteiger partial charge in [0, 0.05) is 29.6 Å². The van der Waals surface area contributed by atoms with Gasteiger partial charge in [0.1, 0.15) is 0 Å². The molecule has 0 fully saturated rings. The smallest absolute Gasteiger partial charge is 0.0679 e. The highest BCUT2D eigenvalue weighted by Gasteiger charge is 2.56. The van der Waals surface area contributed by atoms with Gasteiger partial charge in [0.25, 0.3) is 0 Å². The Hall–Kier alpha value is -5.20. The number of hydrogen-bond donors (Lipinski definition) is 0. The minimum Gasteiger partial charge on any atom is -0.0839 e. The topological polar surface area (TPSA) is 0 Å². The SMILES string of the molecule is CCC1c2ccccc2C2(C3=CC=CC(/C(C)=C/C(C4=CC=CC(C5=CCCC=C5)C4)=C(/C)C(C)c4ccccc4)C3c3ccccc32)c2ccccc21. The van der Waals surface area contributed by atoms with Gasteiger partial charge in [0.2, 0.25) is 0 Å². The third-order valence-corrected chi connectivity index (χ3v) is 13.5. The van der Waals surface area contributed by atoms with Crippen LogP contribution in [-0.4, -0.2) is 0 Å². The maximum atomic E-state index is 2.59. The summed E-state index contributed by atoms with van der Waals surface area (Å²) in [6.07, 6.45) is 28.6. The third-order valence-electron chi connectivity index (χ3n) is 13.5. The van der Waals surface area contributed by atoms with E-state index in [4.69, 9.17) is 0 Å². The Kier molecular flexibility index (Phi) is 9.10. The van der Waals surface area contributed by atoms with Gasteiger partial charge in [-0.2, -0.15) is 0 Å². The maximum Gasteiger partial charge on any atom is 0.0679 e. The van der Waals surface area contributed by atoms with Crippen LogP contribution in [0.25, 0.3) is 0 Å². The van der Waals surface area contributed by atoms with Crippen LogP contribution in [0.3, 0.4) is 0 Å². The molecule has 4 unspecified atom stereocenters. The lowest BCUT2D eigenvalue weighted by Gasteiger charge is -2.45. The molecule has 1 spiro atoms. The van der Waals surface area contributed by atoms with Crippen LogP contribution in [0, 0.1) is 11.8 Å². The average Bonchev–Trinajstić information content (AvgIpc) is 3.54. The highest BCUT2D eigenvalue weighted by molar-refractivity contribution is 5.75. The molecule has 54 heavy (non-hydrogen) atoms. The van der Waals surface area contributed by atoms with Crippen LogP contribution in [0.5, 0.6) is 0 Å². The normalized spacial score (nSPS) is 26.1. The summed E-state index contributed by atoms with van der Waals surface area (Å²) in [4.78, 5) is 0. The van der Waals surface area contributed by atoms with E-state index in [1.165, 1.54) is 72.4 Å². The second-order valence-electron chi connectivity index (χ2n) is 16.2. The van der Waals surface area contributed by atoms with Crippen LogP contribution in [0.4, 0.5) is 0 Å². The molecular weight excluding hydrogens is 649 g/mol. The van der Waals surface area contributed by atoms with Crippen molar-refractivity contribution in [1.82, 2.24) is 0 Å². The number of benzene rings is 4. The molecule has 9 rings (SSSR count). The molecular formula is C54H52. The summed E-state index contributed by atoms with van der Waals surface area (Å²) in [6.45, 7) is 9.53. The lowest BCUT2D eigenvalue weighted by atomic mass is 9.57. The second-order valence-corrected chi connectivity index (χ2v) is 16.2. The minimum atomic E-state index is -0.315. The van der Waals surface area contributed by atoms with E-state index in [0.29, 0.717) is 17.8 Å². The number of allylic oxidation sites excluding steroid dienone is 16. The van der Waals surface area contributed by atoms with Crippen LogP contribution >= 0.6 is 0 Å². The van der Waals surface area contributed by atoms with Crippen molar-refractivity contribution in [2.75, 3.05) is 0 Å². The van der Waals surface area contributed by atoms with Crippen molar-refractivity contribution >= 4 is 0 Å². The molecule has 4 atom stereocenters. The predicted molar refractivity (Wildman–Crippen MR) is 228 cm³/mol. The van der Waals surface area contributed by atoms with Crippen LogP contribution < -0.4 is 0 Å². The summed E-state index contributed by atoms with van der Waals surface area (Å²) in [6, 6.07) is 39.2. The van der Waals surface area contributed by atoms with Gasteiger partial charge in [-0.1, -0.05) is 189 Å². The first-order chi connectivity index (χ1) is 26.5. The molecule has 0 radical (unpaired) electrons. The Labute approximate surface area is 323 Å². The van der Waals surface area contributed by atoms with Crippen LogP contribution in [-0.2, 0) is 5.41 Å². The minimum absolute atomic E-state index is 0.239. The monoisotopic (exact) mass is 700 g/mol. The van der Waals surface area contributed by atoms with Crippen molar-refractivity contribution in [3.05, 3.63) is 236 Å². The molecule has 0 aromatic heterocycles. The van der Waals surface area contributed by atoms with Gasteiger partial charge < -0.3 is 0 Å². The first kappa shape index (κ1) is 34.6. The molecule has 0 heteroatoms. The molecule has 0 bridgehead atoms. The van der Waals surface area contributed by atoms with Crippen LogP contribution in [0.1, 0.15) is 110 Å². The van der Waals surface area contributed by atoms with Gasteiger partial charge in [0.05, 0.1) is 5.41 Å². The molecule has 5 aliphatic carbocycles. The fourth-order valence-corrected chi connectivity index (χ4v) is 10.7. The first-order valence-corrected chi connectivity index (χ1v) is 20.4. The zero-order valence-corrected chi connectivity index (χ0v) is 32.3. The van der Waals surface area contributed by atoms with E-state index in [1.807, 2.05) is 0 Å². The van der Waals surface area contributed by atoms with Crippen molar-refractivity contribution in [2.45, 2.75) is 76.5 Å².